The first-order chi connectivity index (χ1) is 12.5. The number of rotatable bonds is 3. The van der Waals surface area contributed by atoms with E-state index in [0.717, 1.165) is 11.1 Å². The highest BCUT2D eigenvalue weighted by Gasteiger charge is 2.36. The number of aryl methyl sites for hydroxylation is 1. The number of aliphatic hydroxyl groups is 1. The number of hydrogen-bond acceptors (Lipinski definition) is 5. The molecular weight excluding hydrogens is 350 g/mol. The number of halogens is 1. The molecule has 26 heavy (non-hydrogen) atoms. The molecule has 3 aromatic rings. The Labute approximate surface area is 157 Å². The number of nitrogens with zero attached hydrogens (tertiary/aromatic N) is 3. The second-order valence-electron chi connectivity index (χ2n) is 6.77. The van der Waals surface area contributed by atoms with Crippen LogP contribution in [0.15, 0.2) is 53.1 Å². The van der Waals surface area contributed by atoms with Gasteiger partial charge in [0.15, 0.2) is 0 Å². The zero-order chi connectivity index (χ0) is 18.1. The van der Waals surface area contributed by atoms with Crippen LogP contribution in [0.3, 0.4) is 0 Å². The predicted octanol–water partition coefficient (Wildman–Crippen LogP) is 4.19. The van der Waals surface area contributed by atoms with Crippen LogP contribution in [0.2, 0.25) is 5.02 Å². The highest BCUT2D eigenvalue weighted by molar-refractivity contribution is 6.31. The van der Waals surface area contributed by atoms with Crippen LogP contribution >= 0.6 is 11.6 Å². The summed E-state index contributed by atoms with van der Waals surface area (Å²) in [5, 5.41) is 15.7. The summed E-state index contributed by atoms with van der Waals surface area (Å²) in [6.07, 6.45) is 1.11. The average Bonchev–Trinajstić information content (AvgIpc) is 3.13. The fraction of sp³-hybridized carbons (Fsp3) is 0.300. The molecule has 134 valence electrons. The minimum Gasteiger partial charge on any atom is -0.385 e. The van der Waals surface area contributed by atoms with Crippen molar-refractivity contribution in [2.75, 3.05) is 18.0 Å². The van der Waals surface area contributed by atoms with Gasteiger partial charge in [0.1, 0.15) is 0 Å². The molecule has 0 radical (unpaired) electrons. The van der Waals surface area contributed by atoms with E-state index in [2.05, 4.69) is 10.1 Å². The number of piperidine rings is 1. The number of anilines is 1. The van der Waals surface area contributed by atoms with Gasteiger partial charge < -0.3 is 14.5 Å². The van der Waals surface area contributed by atoms with Gasteiger partial charge >= 0.3 is 6.01 Å². The molecule has 1 saturated heterocycles. The molecule has 1 aromatic heterocycles. The van der Waals surface area contributed by atoms with Crippen molar-refractivity contribution in [2.24, 2.45) is 0 Å². The molecule has 2 aromatic carbocycles. The van der Waals surface area contributed by atoms with Gasteiger partial charge in [0.2, 0.25) is 5.82 Å². The van der Waals surface area contributed by atoms with Crippen LogP contribution in [-0.4, -0.2) is 28.3 Å². The maximum absolute atomic E-state index is 11.0. The summed E-state index contributed by atoms with van der Waals surface area (Å²) >= 11 is 6.27. The summed E-state index contributed by atoms with van der Waals surface area (Å²) in [6.45, 7) is 3.29. The molecule has 0 saturated carbocycles. The van der Waals surface area contributed by atoms with E-state index >= 15 is 0 Å². The Morgan fingerprint density at radius 2 is 1.77 bits per heavy atom. The van der Waals surface area contributed by atoms with Crippen molar-refractivity contribution in [3.05, 3.63) is 64.7 Å². The lowest BCUT2D eigenvalue weighted by atomic mass is 9.84. The van der Waals surface area contributed by atoms with E-state index in [1.54, 1.807) is 0 Å². The zero-order valence-electron chi connectivity index (χ0n) is 14.5. The first-order valence-corrected chi connectivity index (χ1v) is 9.06. The zero-order valence-corrected chi connectivity index (χ0v) is 15.3. The second-order valence-corrected chi connectivity index (χ2v) is 7.17. The van der Waals surface area contributed by atoms with Crippen molar-refractivity contribution in [3.63, 3.8) is 0 Å². The highest BCUT2D eigenvalue weighted by atomic mass is 35.5. The molecule has 0 spiro atoms. The second kappa shape index (κ2) is 6.74. The maximum atomic E-state index is 11.0. The first kappa shape index (κ1) is 17.1. The lowest BCUT2D eigenvalue weighted by molar-refractivity contribution is 0.0110. The Morgan fingerprint density at radius 3 is 2.46 bits per heavy atom. The summed E-state index contributed by atoms with van der Waals surface area (Å²) in [5.74, 6) is 0.576. The molecular formula is C20H20ClN3O2. The fourth-order valence-corrected chi connectivity index (χ4v) is 3.65. The van der Waals surface area contributed by atoms with Crippen molar-refractivity contribution in [1.82, 2.24) is 10.1 Å². The van der Waals surface area contributed by atoms with E-state index in [1.165, 1.54) is 5.56 Å². The third-order valence-electron chi connectivity index (χ3n) is 4.96. The van der Waals surface area contributed by atoms with E-state index in [-0.39, 0.29) is 0 Å². The van der Waals surface area contributed by atoms with Crippen LogP contribution in [0.25, 0.3) is 11.4 Å². The monoisotopic (exact) mass is 369 g/mol. The third-order valence-corrected chi connectivity index (χ3v) is 5.29. The number of hydrogen-bond donors (Lipinski definition) is 1. The molecule has 5 nitrogen and oxygen atoms in total. The molecule has 1 aliphatic rings. The van der Waals surface area contributed by atoms with Crippen LogP contribution in [0.4, 0.5) is 6.01 Å². The number of benzene rings is 2. The van der Waals surface area contributed by atoms with E-state index in [1.807, 2.05) is 60.4 Å². The van der Waals surface area contributed by atoms with Gasteiger partial charge in [-0.05, 0) is 25.8 Å². The van der Waals surface area contributed by atoms with Gasteiger partial charge in [-0.1, -0.05) is 64.8 Å². The van der Waals surface area contributed by atoms with Gasteiger partial charge in [0, 0.05) is 29.2 Å². The van der Waals surface area contributed by atoms with Crippen molar-refractivity contribution in [2.45, 2.75) is 25.4 Å². The van der Waals surface area contributed by atoms with Crippen molar-refractivity contribution < 1.29 is 9.63 Å². The van der Waals surface area contributed by atoms with Crippen molar-refractivity contribution in [3.8, 4) is 11.4 Å². The Balaban J connectivity index is 1.49. The van der Waals surface area contributed by atoms with Gasteiger partial charge in [-0.3, -0.25) is 0 Å². The summed E-state index contributed by atoms with van der Waals surface area (Å²) in [7, 11) is 0. The van der Waals surface area contributed by atoms with Crippen molar-refractivity contribution >= 4 is 17.6 Å². The Morgan fingerprint density at radius 1 is 1.08 bits per heavy atom. The van der Waals surface area contributed by atoms with Crippen LogP contribution in [-0.2, 0) is 5.60 Å². The van der Waals surface area contributed by atoms with Gasteiger partial charge in [-0.15, -0.1) is 0 Å². The molecule has 0 unspecified atom stereocenters. The third kappa shape index (κ3) is 3.20. The lowest BCUT2D eigenvalue weighted by Crippen LogP contribution is -2.43. The fourth-order valence-electron chi connectivity index (χ4n) is 3.34. The smallest absolute Gasteiger partial charge is 0.324 e. The SMILES string of the molecule is Cc1ccc(-c2noc(N3CCC(O)(c4ccccc4Cl)CC3)n2)cc1. The summed E-state index contributed by atoms with van der Waals surface area (Å²) in [5.41, 5.74) is 1.98. The standard InChI is InChI=1S/C20H20ClN3O2/c1-14-6-8-15(9-7-14)18-22-19(26-23-18)24-12-10-20(25,11-13-24)16-4-2-3-5-17(16)21/h2-9,25H,10-13H2,1H3. The Bertz CT molecular complexity index is 899. The minimum absolute atomic E-state index is 0.488. The van der Waals surface area contributed by atoms with E-state index in [0.29, 0.717) is 42.8 Å². The summed E-state index contributed by atoms with van der Waals surface area (Å²) < 4.78 is 5.44. The molecule has 6 heteroatoms. The van der Waals surface area contributed by atoms with E-state index in [4.69, 9.17) is 16.1 Å². The van der Waals surface area contributed by atoms with Crippen LogP contribution < -0.4 is 4.90 Å². The molecule has 0 aliphatic carbocycles. The van der Waals surface area contributed by atoms with E-state index in [9.17, 15) is 5.11 Å². The Hall–Kier alpha value is -2.37. The molecule has 1 aliphatic heterocycles. The quantitative estimate of drug-likeness (QED) is 0.750. The minimum atomic E-state index is -0.922. The lowest BCUT2D eigenvalue weighted by Gasteiger charge is -2.38. The van der Waals surface area contributed by atoms with Gasteiger partial charge in [-0.25, -0.2) is 0 Å². The summed E-state index contributed by atoms with van der Waals surface area (Å²) in [6, 6.07) is 16.0. The first-order valence-electron chi connectivity index (χ1n) is 8.68. The van der Waals surface area contributed by atoms with E-state index < -0.39 is 5.60 Å². The summed E-state index contributed by atoms with van der Waals surface area (Å²) in [4.78, 5) is 6.52. The number of aromatic nitrogens is 2. The normalized spacial score (nSPS) is 16.7. The van der Waals surface area contributed by atoms with Crippen LogP contribution in [0.1, 0.15) is 24.0 Å². The van der Waals surface area contributed by atoms with Crippen LogP contribution in [0.5, 0.6) is 0 Å². The highest BCUT2D eigenvalue weighted by Crippen LogP contribution is 2.37. The van der Waals surface area contributed by atoms with Crippen molar-refractivity contribution in [1.29, 1.82) is 0 Å². The molecule has 0 atom stereocenters. The van der Waals surface area contributed by atoms with Gasteiger partial charge in [-0.2, -0.15) is 4.98 Å². The van der Waals surface area contributed by atoms with Gasteiger partial charge in [0.25, 0.3) is 0 Å². The molecule has 1 fully saturated rings. The Kier molecular flexibility index (Phi) is 4.42. The molecule has 4 rings (SSSR count). The maximum Gasteiger partial charge on any atom is 0.324 e. The van der Waals surface area contributed by atoms with Gasteiger partial charge in [0.05, 0.1) is 5.60 Å². The molecule has 1 N–H and O–H groups in total. The largest absolute Gasteiger partial charge is 0.385 e. The molecule has 0 amide bonds. The van der Waals surface area contributed by atoms with Crippen LogP contribution in [0, 0.1) is 6.92 Å². The molecule has 0 bridgehead atoms. The topological polar surface area (TPSA) is 62.4 Å². The average molecular weight is 370 g/mol. The predicted molar refractivity (Wildman–Crippen MR) is 101 cm³/mol. The molecule has 2 heterocycles.